The van der Waals surface area contributed by atoms with Gasteiger partial charge in [0.1, 0.15) is 0 Å². The minimum Gasteiger partial charge on any atom is -0.481 e. The molecule has 22 heavy (non-hydrogen) atoms. The molecule has 0 bridgehead atoms. The molecule has 0 aliphatic rings. The topological polar surface area (TPSA) is 37.3 Å². The van der Waals surface area contributed by atoms with E-state index in [0.29, 0.717) is 6.42 Å². The highest BCUT2D eigenvalue weighted by Crippen LogP contribution is 2.30. The minimum absolute atomic E-state index is 0.202. The molecule has 0 spiro atoms. The van der Waals surface area contributed by atoms with Crippen LogP contribution in [0.1, 0.15) is 24.0 Å². The molecule has 0 aliphatic carbocycles. The molecular weight excluding hydrogens is 272 g/mol. The van der Waals surface area contributed by atoms with Crippen LogP contribution in [0, 0.1) is 0 Å². The molecule has 110 valence electrons. The molecule has 1 N–H and O–H groups in total. The number of benzene rings is 3. The van der Waals surface area contributed by atoms with Crippen molar-refractivity contribution < 1.29 is 9.90 Å². The predicted molar refractivity (Wildman–Crippen MR) is 92.9 cm³/mol. The summed E-state index contributed by atoms with van der Waals surface area (Å²) in [6.07, 6.45) is 3.48. The van der Waals surface area contributed by atoms with Crippen molar-refractivity contribution in [2.75, 3.05) is 0 Å². The maximum absolute atomic E-state index is 10.7. The van der Waals surface area contributed by atoms with Gasteiger partial charge in [0.25, 0.3) is 0 Å². The number of aliphatic carboxylic acids is 1. The van der Waals surface area contributed by atoms with E-state index in [4.69, 9.17) is 5.11 Å². The van der Waals surface area contributed by atoms with Crippen molar-refractivity contribution in [2.24, 2.45) is 0 Å². The fourth-order valence-corrected chi connectivity index (χ4v) is 3.13. The van der Waals surface area contributed by atoms with Gasteiger partial charge in [0, 0.05) is 6.42 Å². The zero-order valence-electron chi connectivity index (χ0n) is 12.4. The molecule has 2 nitrogen and oxygen atoms in total. The van der Waals surface area contributed by atoms with Gasteiger partial charge < -0.3 is 5.11 Å². The van der Waals surface area contributed by atoms with Gasteiger partial charge >= 0.3 is 5.97 Å². The average molecular weight is 290 g/mol. The van der Waals surface area contributed by atoms with Crippen LogP contribution >= 0.6 is 0 Å². The molecule has 3 aromatic carbocycles. The molecule has 0 heterocycles. The molecule has 0 aliphatic heterocycles. The van der Waals surface area contributed by atoms with E-state index in [-0.39, 0.29) is 6.42 Å². The van der Waals surface area contributed by atoms with Crippen molar-refractivity contribution in [1.82, 2.24) is 0 Å². The van der Waals surface area contributed by atoms with E-state index in [2.05, 4.69) is 43.5 Å². The van der Waals surface area contributed by atoms with Crippen molar-refractivity contribution in [3.8, 4) is 0 Å². The van der Waals surface area contributed by atoms with Crippen molar-refractivity contribution in [3.63, 3.8) is 0 Å². The largest absolute Gasteiger partial charge is 0.481 e. The highest BCUT2D eigenvalue weighted by molar-refractivity contribution is 6.13. The van der Waals surface area contributed by atoms with Gasteiger partial charge in [0.05, 0.1) is 0 Å². The van der Waals surface area contributed by atoms with E-state index >= 15 is 0 Å². The fourth-order valence-electron chi connectivity index (χ4n) is 3.13. The van der Waals surface area contributed by atoms with Crippen LogP contribution in [-0.4, -0.2) is 11.1 Å². The third kappa shape index (κ3) is 2.37. The Labute approximate surface area is 129 Å². The predicted octanol–water partition coefficient (Wildman–Crippen LogP) is 4.17. The highest BCUT2D eigenvalue weighted by atomic mass is 16.4. The van der Waals surface area contributed by atoms with E-state index in [0.717, 1.165) is 22.6 Å². The van der Waals surface area contributed by atoms with Crippen molar-refractivity contribution in [2.45, 2.75) is 19.3 Å². The normalized spacial score (nSPS) is 11.1. The number of hydrogen-bond acceptors (Lipinski definition) is 1. The molecule has 0 fully saturated rings. The molecule has 0 saturated carbocycles. The highest BCUT2D eigenvalue weighted by Gasteiger charge is 2.10. The molecule has 0 atom stereocenters. The monoisotopic (exact) mass is 290 g/mol. The van der Waals surface area contributed by atoms with Gasteiger partial charge in [-0.3, -0.25) is 4.79 Å². The maximum Gasteiger partial charge on any atom is 0.303 e. The number of rotatable bonds is 5. The van der Waals surface area contributed by atoms with Crippen molar-refractivity contribution >= 4 is 40.2 Å². The Morgan fingerprint density at radius 2 is 1.86 bits per heavy atom. The van der Waals surface area contributed by atoms with E-state index in [1.807, 2.05) is 12.1 Å². The summed E-state index contributed by atoms with van der Waals surface area (Å²) in [6.45, 7) is 8.04. The van der Waals surface area contributed by atoms with Crippen LogP contribution in [0.2, 0.25) is 0 Å². The smallest absolute Gasteiger partial charge is 0.303 e. The summed E-state index contributed by atoms with van der Waals surface area (Å²) in [6, 6.07) is 12.5. The van der Waals surface area contributed by atoms with Gasteiger partial charge in [0.2, 0.25) is 0 Å². The summed E-state index contributed by atoms with van der Waals surface area (Å²) in [5, 5.41) is 14.5. The molecule has 0 amide bonds. The Bertz CT molecular complexity index is 922. The van der Waals surface area contributed by atoms with Crippen LogP contribution in [0.4, 0.5) is 0 Å². The van der Waals surface area contributed by atoms with Crippen LogP contribution in [0.3, 0.4) is 0 Å². The van der Waals surface area contributed by atoms with Crippen LogP contribution in [-0.2, 0) is 11.2 Å². The SMILES string of the molecule is C=Cc1ccc2c(CCCC(=O)O)ccc3ccc(=C)c1c32. The number of aryl methyl sites for hydroxylation is 1. The lowest BCUT2D eigenvalue weighted by atomic mass is 9.91. The van der Waals surface area contributed by atoms with Gasteiger partial charge in [-0.15, -0.1) is 0 Å². The van der Waals surface area contributed by atoms with Gasteiger partial charge in [0.15, 0.2) is 0 Å². The standard InChI is InChI=1S/C20H18O2/c1-3-14-11-12-17-15(5-4-6-18(21)22)9-10-16-8-7-13(2)19(14)20(16)17/h3,7-12H,1-2,4-6H2,(H,21,22). The number of carboxylic acid groups (broad SMARTS) is 1. The zero-order valence-corrected chi connectivity index (χ0v) is 12.4. The second kappa shape index (κ2) is 5.64. The van der Waals surface area contributed by atoms with Crippen LogP contribution in [0.25, 0.3) is 34.2 Å². The molecular formula is C20H18O2. The quantitative estimate of drug-likeness (QED) is 0.765. The summed E-state index contributed by atoms with van der Waals surface area (Å²) < 4.78 is 0. The third-order valence-corrected chi connectivity index (χ3v) is 4.18. The number of carbonyl (C=O) groups is 1. The Morgan fingerprint density at radius 3 is 2.59 bits per heavy atom. The van der Waals surface area contributed by atoms with E-state index in [9.17, 15) is 4.79 Å². The third-order valence-electron chi connectivity index (χ3n) is 4.18. The van der Waals surface area contributed by atoms with Gasteiger partial charge in [-0.05, 0) is 50.7 Å². The molecule has 0 saturated heterocycles. The van der Waals surface area contributed by atoms with Crippen molar-refractivity contribution in [1.29, 1.82) is 0 Å². The Kier molecular flexibility index (Phi) is 3.68. The first kappa shape index (κ1) is 14.3. The maximum atomic E-state index is 10.7. The molecule has 2 heteroatoms. The first-order valence-corrected chi connectivity index (χ1v) is 7.42. The van der Waals surface area contributed by atoms with Gasteiger partial charge in [-0.25, -0.2) is 0 Å². The zero-order chi connectivity index (χ0) is 15.7. The molecule has 3 rings (SSSR count). The lowest BCUT2D eigenvalue weighted by Gasteiger charge is -2.13. The minimum atomic E-state index is -0.743. The summed E-state index contributed by atoms with van der Waals surface area (Å²) >= 11 is 0. The van der Waals surface area contributed by atoms with Gasteiger partial charge in [-0.2, -0.15) is 0 Å². The lowest BCUT2D eigenvalue weighted by molar-refractivity contribution is -0.137. The number of hydrogen-bond donors (Lipinski definition) is 1. The first-order chi connectivity index (χ1) is 10.6. The molecule has 0 unspecified atom stereocenters. The molecule has 0 aromatic heterocycles. The Morgan fingerprint density at radius 1 is 1.09 bits per heavy atom. The van der Waals surface area contributed by atoms with Crippen molar-refractivity contribution in [3.05, 3.63) is 59.3 Å². The van der Waals surface area contributed by atoms with Gasteiger partial charge in [-0.1, -0.05) is 55.6 Å². The average Bonchev–Trinajstić information content (AvgIpc) is 2.51. The van der Waals surface area contributed by atoms with Crippen LogP contribution in [0.15, 0.2) is 43.0 Å². The summed E-state index contributed by atoms with van der Waals surface area (Å²) in [7, 11) is 0. The summed E-state index contributed by atoms with van der Waals surface area (Å²) in [5.74, 6) is -0.743. The Balaban J connectivity index is 2.22. The lowest BCUT2D eigenvalue weighted by Crippen LogP contribution is -2.02. The number of carboxylic acids is 1. The molecule has 0 radical (unpaired) electrons. The second-order valence-electron chi connectivity index (χ2n) is 5.58. The fraction of sp³-hybridized carbons (Fsp3) is 0.150. The summed E-state index contributed by atoms with van der Waals surface area (Å²) in [4.78, 5) is 10.7. The van der Waals surface area contributed by atoms with E-state index < -0.39 is 5.97 Å². The summed E-state index contributed by atoms with van der Waals surface area (Å²) in [5.41, 5.74) is 2.28. The Hall–Kier alpha value is -2.61. The van der Waals surface area contributed by atoms with Crippen LogP contribution in [0.5, 0.6) is 0 Å². The van der Waals surface area contributed by atoms with Crippen LogP contribution < -0.4 is 5.22 Å². The van der Waals surface area contributed by atoms with E-state index in [1.165, 1.54) is 21.7 Å². The second-order valence-corrected chi connectivity index (χ2v) is 5.58. The molecule has 3 aromatic rings. The van der Waals surface area contributed by atoms with E-state index in [1.54, 1.807) is 0 Å². The first-order valence-electron chi connectivity index (χ1n) is 7.42.